The van der Waals surface area contributed by atoms with Crippen LogP contribution < -0.4 is 10.6 Å². The van der Waals surface area contributed by atoms with Crippen LogP contribution in [-0.2, 0) is 11.2 Å². The van der Waals surface area contributed by atoms with Crippen molar-refractivity contribution in [2.45, 2.75) is 46.2 Å². The summed E-state index contributed by atoms with van der Waals surface area (Å²) in [6.07, 6.45) is 3.66. The van der Waals surface area contributed by atoms with Crippen LogP contribution in [0.15, 0.2) is 72.6 Å². The van der Waals surface area contributed by atoms with E-state index in [2.05, 4.69) is 18.1 Å². The molecule has 8 heteroatoms. The number of aromatic nitrogens is 3. The number of pyridine rings is 1. The van der Waals surface area contributed by atoms with Gasteiger partial charge in [0.05, 0.1) is 11.1 Å². The monoisotopic (exact) mass is 551 g/mol. The third-order valence-corrected chi connectivity index (χ3v) is 7.81. The van der Waals surface area contributed by atoms with Crippen LogP contribution in [0, 0.1) is 12.7 Å². The number of hydrogen-bond acceptors (Lipinski definition) is 5. The Morgan fingerprint density at radius 1 is 1.07 bits per heavy atom. The smallest absolute Gasteiger partial charge is 0.347 e. The van der Waals surface area contributed by atoms with E-state index in [0.717, 1.165) is 16.7 Å². The van der Waals surface area contributed by atoms with E-state index in [0.29, 0.717) is 47.6 Å². The number of para-hydroxylation sites is 1. The van der Waals surface area contributed by atoms with Gasteiger partial charge in [-0.15, -0.1) is 0 Å². The van der Waals surface area contributed by atoms with Gasteiger partial charge in [0.15, 0.2) is 5.65 Å². The van der Waals surface area contributed by atoms with Gasteiger partial charge in [0.2, 0.25) is 5.91 Å². The SMILES string of the molecule is C=CC(=O)N1C[C@H](C)N(c2nc(=O)n(-c3c(C)cccc3CC)c3nc(-c4ccccc4C=C)c(F)cc23)[C@@H](C)C1. The summed E-state index contributed by atoms with van der Waals surface area (Å²) in [7, 11) is 0. The minimum atomic E-state index is -0.527. The van der Waals surface area contributed by atoms with Crippen LogP contribution in [0.1, 0.15) is 37.5 Å². The molecule has 0 aliphatic carbocycles. The molecule has 0 unspecified atom stereocenters. The highest BCUT2D eigenvalue weighted by Crippen LogP contribution is 2.34. The van der Waals surface area contributed by atoms with E-state index in [1.54, 1.807) is 17.0 Å². The number of hydrogen-bond donors (Lipinski definition) is 0. The predicted molar refractivity (Wildman–Crippen MR) is 163 cm³/mol. The van der Waals surface area contributed by atoms with Gasteiger partial charge in [-0.25, -0.2) is 18.7 Å². The molecule has 0 bridgehead atoms. The number of piperazine rings is 1. The molecule has 4 aromatic rings. The lowest BCUT2D eigenvalue weighted by molar-refractivity contribution is -0.127. The quantitative estimate of drug-likeness (QED) is 0.287. The van der Waals surface area contributed by atoms with Gasteiger partial charge in [0.1, 0.15) is 17.3 Å². The highest BCUT2D eigenvalue weighted by atomic mass is 19.1. The third kappa shape index (κ3) is 4.84. The molecule has 2 aromatic heterocycles. The van der Waals surface area contributed by atoms with E-state index in [9.17, 15) is 9.59 Å². The van der Waals surface area contributed by atoms with Gasteiger partial charge in [0.25, 0.3) is 0 Å². The average molecular weight is 552 g/mol. The Morgan fingerprint density at radius 3 is 2.44 bits per heavy atom. The maximum absolute atomic E-state index is 16.0. The van der Waals surface area contributed by atoms with Gasteiger partial charge < -0.3 is 9.80 Å². The van der Waals surface area contributed by atoms with Crippen LogP contribution in [0.25, 0.3) is 34.1 Å². The second kappa shape index (κ2) is 11.1. The van der Waals surface area contributed by atoms with Gasteiger partial charge in [0, 0.05) is 30.7 Å². The molecule has 0 radical (unpaired) electrons. The summed E-state index contributed by atoms with van der Waals surface area (Å²) in [5.74, 6) is -0.323. The fourth-order valence-corrected chi connectivity index (χ4v) is 5.96. The van der Waals surface area contributed by atoms with Crippen LogP contribution in [0.4, 0.5) is 10.2 Å². The zero-order valence-corrected chi connectivity index (χ0v) is 23.9. The number of carbonyl (C=O) groups excluding carboxylic acids is 1. The van der Waals surface area contributed by atoms with E-state index in [1.807, 2.05) is 69.0 Å². The first-order valence-electron chi connectivity index (χ1n) is 13.8. The number of anilines is 1. The third-order valence-electron chi connectivity index (χ3n) is 7.81. The number of carbonyl (C=O) groups is 1. The van der Waals surface area contributed by atoms with Crippen LogP contribution in [-0.4, -0.2) is 50.5 Å². The average Bonchev–Trinajstić information content (AvgIpc) is 2.96. The molecular weight excluding hydrogens is 517 g/mol. The Morgan fingerprint density at radius 2 is 1.78 bits per heavy atom. The molecular formula is C33H34FN5O2. The highest BCUT2D eigenvalue weighted by Gasteiger charge is 2.34. The van der Waals surface area contributed by atoms with E-state index in [4.69, 9.17) is 4.98 Å². The maximum Gasteiger partial charge on any atom is 0.355 e. The van der Waals surface area contributed by atoms with Gasteiger partial charge >= 0.3 is 5.69 Å². The van der Waals surface area contributed by atoms with E-state index < -0.39 is 11.5 Å². The lowest BCUT2D eigenvalue weighted by Gasteiger charge is -2.45. The minimum Gasteiger partial charge on any atom is -0.347 e. The van der Waals surface area contributed by atoms with Gasteiger partial charge in [-0.2, -0.15) is 4.98 Å². The standard InChI is InChI=1S/C33H34FN5O2/c1-7-23-14-10-11-16-25(23)29-27(34)17-26-31(35-29)39(30-20(4)13-12-15-24(30)8-2)33(41)36-32(26)38-21(5)18-37(19-22(38)6)28(40)9-3/h7,9-17,21-22H,1,3,8,18-19H2,2,4-6H3/t21-,22-/m0/s1. The van der Waals surface area contributed by atoms with Crippen LogP contribution in [0.3, 0.4) is 0 Å². The minimum absolute atomic E-state index is 0.132. The van der Waals surface area contributed by atoms with E-state index in [1.165, 1.54) is 16.7 Å². The van der Waals surface area contributed by atoms with Crippen molar-refractivity contribution in [3.63, 3.8) is 0 Å². The molecule has 3 heterocycles. The maximum atomic E-state index is 16.0. The van der Waals surface area contributed by atoms with Crippen molar-refractivity contribution in [2.24, 2.45) is 0 Å². The Kier molecular flexibility index (Phi) is 7.58. The van der Waals surface area contributed by atoms with Crippen molar-refractivity contribution < 1.29 is 9.18 Å². The van der Waals surface area contributed by atoms with Crippen LogP contribution in [0.5, 0.6) is 0 Å². The number of amides is 1. The largest absolute Gasteiger partial charge is 0.355 e. The molecule has 0 spiro atoms. The van der Waals surface area contributed by atoms with Gasteiger partial charge in [-0.1, -0.05) is 68.6 Å². The molecule has 0 N–H and O–H groups in total. The normalized spacial score (nSPS) is 17.1. The molecule has 1 aliphatic heterocycles. The first-order chi connectivity index (χ1) is 19.7. The molecule has 7 nitrogen and oxygen atoms in total. The number of nitrogens with zero attached hydrogens (tertiary/aromatic N) is 5. The zero-order chi connectivity index (χ0) is 29.4. The van der Waals surface area contributed by atoms with Crippen molar-refractivity contribution in [1.82, 2.24) is 19.4 Å². The predicted octanol–water partition coefficient (Wildman–Crippen LogP) is 5.71. The molecule has 2 aromatic carbocycles. The summed E-state index contributed by atoms with van der Waals surface area (Å²) >= 11 is 0. The second-order valence-electron chi connectivity index (χ2n) is 10.5. The Bertz CT molecular complexity index is 1730. The highest BCUT2D eigenvalue weighted by molar-refractivity contribution is 5.92. The summed E-state index contributed by atoms with van der Waals surface area (Å²) in [5, 5.41) is 0.425. The number of aryl methyl sites for hydroxylation is 2. The fourth-order valence-electron chi connectivity index (χ4n) is 5.96. The van der Waals surface area contributed by atoms with Crippen molar-refractivity contribution in [3.8, 4) is 16.9 Å². The molecule has 1 fully saturated rings. The number of benzene rings is 2. The van der Waals surface area contributed by atoms with Crippen molar-refractivity contribution in [3.05, 3.63) is 101 Å². The lowest BCUT2D eigenvalue weighted by atomic mass is 10.0. The van der Waals surface area contributed by atoms with Gasteiger partial charge in [-0.05, 0) is 56.0 Å². The van der Waals surface area contributed by atoms with Crippen molar-refractivity contribution in [1.29, 1.82) is 0 Å². The van der Waals surface area contributed by atoms with Crippen molar-refractivity contribution >= 4 is 28.8 Å². The molecule has 210 valence electrons. The Balaban J connectivity index is 1.84. The molecule has 1 amide bonds. The summed E-state index contributed by atoms with van der Waals surface area (Å²) in [5.41, 5.74) is 3.82. The van der Waals surface area contributed by atoms with Crippen molar-refractivity contribution in [2.75, 3.05) is 18.0 Å². The van der Waals surface area contributed by atoms with Crippen LogP contribution in [0.2, 0.25) is 0 Å². The molecule has 0 saturated carbocycles. The number of rotatable bonds is 6. The summed E-state index contributed by atoms with van der Waals surface area (Å²) in [4.78, 5) is 39.6. The fraction of sp³-hybridized carbons (Fsp3) is 0.273. The Hall–Kier alpha value is -4.59. The number of halogens is 1. The molecule has 1 aliphatic rings. The zero-order valence-electron chi connectivity index (χ0n) is 23.9. The first-order valence-corrected chi connectivity index (χ1v) is 13.8. The van der Waals surface area contributed by atoms with E-state index in [-0.39, 0.29) is 23.7 Å². The molecule has 5 rings (SSSR count). The topological polar surface area (TPSA) is 71.3 Å². The summed E-state index contributed by atoms with van der Waals surface area (Å²) in [6.45, 7) is 16.2. The lowest BCUT2D eigenvalue weighted by Crippen LogP contribution is -2.58. The summed E-state index contributed by atoms with van der Waals surface area (Å²) < 4.78 is 17.6. The molecule has 1 saturated heterocycles. The second-order valence-corrected chi connectivity index (χ2v) is 10.5. The first kappa shape index (κ1) is 28.0. The Labute approximate surface area is 239 Å². The van der Waals surface area contributed by atoms with E-state index >= 15 is 4.39 Å². The van der Waals surface area contributed by atoms with Crippen LogP contribution >= 0.6 is 0 Å². The number of fused-ring (bicyclic) bond motifs is 1. The summed E-state index contributed by atoms with van der Waals surface area (Å²) in [6, 6.07) is 14.3. The van der Waals surface area contributed by atoms with Gasteiger partial charge in [-0.3, -0.25) is 4.79 Å². The molecule has 41 heavy (non-hydrogen) atoms. The molecule has 2 atom stereocenters.